The van der Waals surface area contributed by atoms with Crippen LogP contribution in [-0.4, -0.2) is 6.04 Å². The SMILES string of the molecule is CC[C@H](C#N)NCc1c2ccccc2cc2ccccc12. The molecule has 2 nitrogen and oxygen atoms in total. The van der Waals surface area contributed by atoms with Crippen molar-refractivity contribution in [1.29, 1.82) is 5.26 Å². The molecule has 0 aliphatic carbocycles. The summed E-state index contributed by atoms with van der Waals surface area (Å²) >= 11 is 0. The Hall–Kier alpha value is -2.37. The molecule has 3 rings (SSSR count). The molecule has 0 radical (unpaired) electrons. The molecular formula is C19H18N2. The number of nitriles is 1. The van der Waals surface area contributed by atoms with Gasteiger partial charge in [0, 0.05) is 6.54 Å². The van der Waals surface area contributed by atoms with Gasteiger partial charge in [-0.25, -0.2) is 0 Å². The molecule has 3 aromatic carbocycles. The zero-order chi connectivity index (χ0) is 14.7. The number of benzene rings is 3. The van der Waals surface area contributed by atoms with Crippen molar-refractivity contribution in [2.45, 2.75) is 25.9 Å². The number of fused-ring (bicyclic) bond motifs is 2. The van der Waals surface area contributed by atoms with Crippen molar-refractivity contribution in [3.8, 4) is 6.07 Å². The summed E-state index contributed by atoms with van der Waals surface area (Å²) in [6.45, 7) is 2.75. The predicted molar refractivity (Wildman–Crippen MR) is 88.0 cm³/mol. The third kappa shape index (κ3) is 2.61. The van der Waals surface area contributed by atoms with Crippen LogP contribution in [0.1, 0.15) is 18.9 Å². The van der Waals surface area contributed by atoms with Gasteiger partial charge in [0.25, 0.3) is 0 Å². The first kappa shape index (κ1) is 13.6. The van der Waals surface area contributed by atoms with E-state index in [4.69, 9.17) is 5.26 Å². The number of nitrogens with zero attached hydrogens (tertiary/aromatic N) is 1. The minimum Gasteiger partial charge on any atom is -0.298 e. The number of hydrogen-bond donors (Lipinski definition) is 1. The summed E-state index contributed by atoms with van der Waals surface area (Å²) in [6, 6.07) is 21.3. The van der Waals surface area contributed by atoms with Crippen molar-refractivity contribution in [1.82, 2.24) is 5.32 Å². The smallest absolute Gasteiger partial charge is 0.0952 e. The van der Waals surface area contributed by atoms with Gasteiger partial charge in [-0.05, 0) is 39.6 Å². The molecule has 0 amide bonds. The van der Waals surface area contributed by atoms with Crippen molar-refractivity contribution in [3.63, 3.8) is 0 Å². The summed E-state index contributed by atoms with van der Waals surface area (Å²) < 4.78 is 0. The first-order valence-electron chi connectivity index (χ1n) is 7.36. The molecule has 0 fully saturated rings. The molecule has 21 heavy (non-hydrogen) atoms. The van der Waals surface area contributed by atoms with Crippen LogP contribution in [0.5, 0.6) is 0 Å². The molecule has 0 saturated heterocycles. The normalized spacial score (nSPS) is 12.4. The van der Waals surface area contributed by atoms with Gasteiger partial charge in [0.1, 0.15) is 0 Å². The molecule has 1 N–H and O–H groups in total. The molecule has 0 spiro atoms. The van der Waals surface area contributed by atoms with Gasteiger partial charge in [0.2, 0.25) is 0 Å². The Morgan fingerprint density at radius 2 is 1.57 bits per heavy atom. The molecule has 0 heterocycles. The van der Waals surface area contributed by atoms with Crippen LogP contribution in [0.15, 0.2) is 54.6 Å². The van der Waals surface area contributed by atoms with Crippen LogP contribution in [0.3, 0.4) is 0 Å². The maximum atomic E-state index is 9.12. The summed E-state index contributed by atoms with van der Waals surface area (Å²) in [4.78, 5) is 0. The van der Waals surface area contributed by atoms with E-state index in [9.17, 15) is 0 Å². The molecule has 1 atom stereocenters. The van der Waals surface area contributed by atoms with Crippen LogP contribution >= 0.6 is 0 Å². The minimum atomic E-state index is -0.0947. The summed E-state index contributed by atoms with van der Waals surface area (Å²) in [5, 5.41) is 17.5. The third-order valence-electron chi connectivity index (χ3n) is 3.97. The average Bonchev–Trinajstić information content (AvgIpc) is 2.54. The molecular weight excluding hydrogens is 256 g/mol. The lowest BCUT2D eigenvalue weighted by Crippen LogP contribution is -2.26. The summed E-state index contributed by atoms with van der Waals surface area (Å²) in [7, 11) is 0. The monoisotopic (exact) mass is 274 g/mol. The largest absolute Gasteiger partial charge is 0.298 e. The van der Waals surface area contributed by atoms with Crippen molar-refractivity contribution < 1.29 is 0 Å². The van der Waals surface area contributed by atoms with Crippen LogP contribution < -0.4 is 5.32 Å². The highest BCUT2D eigenvalue weighted by atomic mass is 14.9. The number of hydrogen-bond acceptors (Lipinski definition) is 2. The zero-order valence-electron chi connectivity index (χ0n) is 12.1. The van der Waals surface area contributed by atoms with E-state index in [1.54, 1.807) is 0 Å². The molecule has 2 heteroatoms. The van der Waals surface area contributed by atoms with Crippen LogP contribution in [0.25, 0.3) is 21.5 Å². The van der Waals surface area contributed by atoms with E-state index in [-0.39, 0.29) is 6.04 Å². The lowest BCUT2D eigenvalue weighted by molar-refractivity contribution is 0.590. The lowest BCUT2D eigenvalue weighted by atomic mass is 9.96. The topological polar surface area (TPSA) is 35.8 Å². The fourth-order valence-corrected chi connectivity index (χ4v) is 2.80. The van der Waals surface area contributed by atoms with Crippen LogP contribution in [0, 0.1) is 11.3 Å². The second-order valence-electron chi connectivity index (χ2n) is 5.27. The zero-order valence-corrected chi connectivity index (χ0v) is 12.1. The standard InChI is InChI=1S/C19H18N2/c1-2-16(12-20)21-13-19-17-9-5-3-7-14(17)11-15-8-4-6-10-18(15)19/h3-11,16,21H,2,13H2,1H3/t16-/m1/s1. The summed E-state index contributed by atoms with van der Waals surface area (Å²) in [6.07, 6.45) is 0.819. The van der Waals surface area contributed by atoms with Crippen molar-refractivity contribution in [2.75, 3.05) is 0 Å². The summed E-state index contributed by atoms with van der Waals surface area (Å²) in [5.41, 5.74) is 1.28. The van der Waals surface area contributed by atoms with Gasteiger partial charge < -0.3 is 0 Å². The van der Waals surface area contributed by atoms with Crippen LogP contribution in [-0.2, 0) is 6.54 Å². The van der Waals surface area contributed by atoms with E-state index in [0.29, 0.717) is 6.54 Å². The van der Waals surface area contributed by atoms with Crippen molar-refractivity contribution in [3.05, 3.63) is 60.2 Å². The molecule has 0 aliphatic rings. The van der Waals surface area contributed by atoms with Gasteiger partial charge in [0.05, 0.1) is 12.1 Å². The Morgan fingerprint density at radius 1 is 1.00 bits per heavy atom. The van der Waals surface area contributed by atoms with Crippen molar-refractivity contribution >= 4 is 21.5 Å². The number of rotatable bonds is 4. The Labute approximate surface area is 125 Å². The quantitative estimate of drug-likeness (QED) is 0.716. The second-order valence-corrected chi connectivity index (χ2v) is 5.27. The third-order valence-corrected chi connectivity index (χ3v) is 3.97. The fourth-order valence-electron chi connectivity index (χ4n) is 2.80. The highest BCUT2D eigenvalue weighted by Gasteiger charge is 2.09. The van der Waals surface area contributed by atoms with Gasteiger partial charge >= 0.3 is 0 Å². The first-order chi connectivity index (χ1) is 10.3. The molecule has 104 valence electrons. The Kier molecular flexibility index (Phi) is 3.85. The van der Waals surface area contributed by atoms with Gasteiger partial charge in [-0.15, -0.1) is 0 Å². The van der Waals surface area contributed by atoms with E-state index in [2.05, 4.69) is 66.0 Å². The first-order valence-corrected chi connectivity index (χ1v) is 7.36. The Bertz CT molecular complexity index is 761. The van der Waals surface area contributed by atoms with E-state index in [0.717, 1.165) is 6.42 Å². The average molecular weight is 274 g/mol. The molecule has 0 bridgehead atoms. The van der Waals surface area contributed by atoms with Crippen LogP contribution in [0.2, 0.25) is 0 Å². The maximum absolute atomic E-state index is 9.12. The van der Waals surface area contributed by atoms with Gasteiger partial charge in [-0.3, -0.25) is 5.32 Å². The highest BCUT2D eigenvalue weighted by molar-refractivity contribution is 6.02. The molecule has 3 aromatic rings. The van der Waals surface area contributed by atoms with E-state index >= 15 is 0 Å². The predicted octanol–water partition coefficient (Wildman–Crippen LogP) is 4.38. The van der Waals surface area contributed by atoms with E-state index in [1.807, 2.05) is 6.92 Å². The van der Waals surface area contributed by atoms with E-state index in [1.165, 1.54) is 27.1 Å². The van der Waals surface area contributed by atoms with Gasteiger partial charge in [-0.2, -0.15) is 5.26 Å². The molecule has 0 aromatic heterocycles. The summed E-state index contributed by atoms with van der Waals surface area (Å²) in [5.74, 6) is 0. The van der Waals surface area contributed by atoms with E-state index < -0.39 is 0 Å². The molecule has 0 unspecified atom stereocenters. The Balaban J connectivity index is 2.14. The lowest BCUT2D eigenvalue weighted by Gasteiger charge is -2.14. The fraction of sp³-hybridized carbons (Fsp3) is 0.211. The van der Waals surface area contributed by atoms with Gasteiger partial charge in [0.15, 0.2) is 0 Å². The highest BCUT2D eigenvalue weighted by Crippen LogP contribution is 2.28. The maximum Gasteiger partial charge on any atom is 0.0952 e. The number of nitrogens with one attached hydrogen (secondary N) is 1. The van der Waals surface area contributed by atoms with Crippen molar-refractivity contribution in [2.24, 2.45) is 0 Å². The second kappa shape index (κ2) is 5.95. The molecule has 0 saturated carbocycles. The Morgan fingerprint density at radius 3 is 2.10 bits per heavy atom. The van der Waals surface area contributed by atoms with Gasteiger partial charge in [-0.1, -0.05) is 55.5 Å². The molecule has 0 aliphatic heterocycles. The van der Waals surface area contributed by atoms with Crippen LogP contribution in [0.4, 0.5) is 0 Å². The minimum absolute atomic E-state index is 0.0947.